The van der Waals surface area contributed by atoms with Gasteiger partial charge in [0.2, 0.25) is 0 Å². The van der Waals surface area contributed by atoms with E-state index in [2.05, 4.69) is 44.0 Å². The Balaban J connectivity index is 0.629. The summed E-state index contributed by atoms with van der Waals surface area (Å²) >= 11 is 0. The molecule has 2 spiro atoms. The van der Waals surface area contributed by atoms with Crippen molar-refractivity contribution in [2.45, 2.75) is 211 Å². The third-order valence-electron chi connectivity index (χ3n) is 33.7. The van der Waals surface area contributed by atoms with E-state index in [1.54, 1.807) is 313 Å². The molecule has 5 aliphatic rings. The fourth-order valence-corrected chi connectivity index (χ4v) is 31.4. The molecule has 0 bridgehead atoms. The monoisotopic (exact) mass is 1330 g/mol. The van der Waals surface area contributed by atoms with Crippen LogP contribution < -0.4 is 9.47 Å². The summed E-state index contributed by atoms with van der Waals surface area (Å²) in [6, 6.07) is 7.58. The maximum absolute atomic E-state index is 7.34. The van der Waals surface area contributed by atoms with Gasteiger partial charge in [0.25, 0.3) is 0 Å². The molecule has 0 N–H and O–H groups in total. The molecule has 3 heteroatoms. The molecule has 0 saturated carbocycles. The minimum atomic E-state index is -0.438. The molecule has 1 atom stereocenters. The molecule has 1 heterocycles. The predicted molar refractivity (Wildman–Crippen MR) is 447 cm³/mol. The normalized spacial score (nSPS) is 20.0. The van der Waals surface area contributed by atoms with E-state index < -0.39 is 5.41 Å². The van der Waals surface area contributed by atoms with Crippen molar-refractivity contribution in [3.8, 4) is 11.5 Å². The van der Waals surface area contributed by atoms with Crippen LogP contribution in [0, 0.1) is 0 Å². The zero-order chi connectivity index (χ0) is 65.8. The molecule has 29 aromatic carbocycles. The number of hydrogen-bond acceptors (Lipinski definition) is 3. The van der Waals surface area contributed by atoms with Crippen molar-refractivity contribution in [1.82, 2.24) is 4.90 Å². The van der Waals surface area contributed by atoms with Gasteiger partial charge < -0.3 is 9.47 Å². The highest BCUT2D eigenvalue weighted by Crippen LogP contribution is 2.87. The predicted octanol–water partition coefficient (Wildman–Crippen LogP) is 29.7. The molecule has 34 rings (SSSR count). The number of hydrogen-bond donors (Lipinski definition) is 0. The van der Waals surface area contributed by atoms with E-state index in [0.29, 0.717) is 0 Å². The largest absolute Gasteiger partial charge is 0.493 e. The molecule has 29 aromatic rings. The molecule has 0 amide bonds. The van der Waals surface area contributed by atoms with Crippen LogP contribution in [0.1, 0.15) is 227 Å². The van der Waals surface area contributed by atoms with Crippen molar-refractivity contribution in [2.24, 2.45) is 0 Å². The first-order chi connectivity index (χ1) is 51.7. The molecule has 4 aliphatic carbocycles. The highest BCUT2D eigenvalue weighted by atomic mass is 16.5. The topological polar surface area (TPSA) is 21.7 Å². The van der Waals surface area contributed by atoms with Crippen LogP contribution in [0.4, 0.5) is 0 Å². The average Bonchev–Trinajstić information content (AvgIpc) is 1.38. The van der Waals surface area contributed by atoms with Crippen molar-refractivity contribution in [3.63, 3.8) is 0 Å². The standard InChI is InChI=1S/C101H75NO2/c1-4-6-8-10-12-14-16-18-20-22-24-26-28-30-32-103-39-34-38(35-40(36-39)104-33-31-29-27-25-23-21-19-17-15-13-11-9-7-5-2)99-101-97-91-85-75-63-55-47-43-41-42-45-49(47)57(63)67-61-53(45)54-46(42)50-48-44(41)52-51(43)59-65(55)73-79-69(59)70-60(52)66-56(48)64-58(50)68-62(54)72-71(61)83(77(67)85)93(97)94-84(72)78(68)86-76(64)82-74(66)80(70)88-87(79)95(89(91)81(73)75)100(101,37-102(99)3)96(88)90(82)92(86)98(94)101/h34-36,99H,4-33,37H2,1-3H3. The summed E-state index contributed by atoms with van der Waals surface area (Å²) in [6.45, 7) is 7.16. The van der Waals surface area contributed by atoms with Crippen molar-refractivity contribution >= 4 is 291 Å². The van der Waals surface area contributed by atoms with Crippen LogP contribution in [-0.4, -0.2) is 31.7 Å². The van der Waals surface area contributed by atoms with Crippen LogP contribution in [0.5, 0.6) is 11.5 Å². The van der Waals surface area contributed by atoms with Gasteiger partial charge >= 0.3 is 0 Å². The Bertz CT molecular complexity index is 7930. The van der Waals surface area contributed by atoms with E-state index in [0.717, 1.165) is 44.1 Å². The van der Waals surface area contributed by atoms with Gasteiger partial charge in [0.05, 0.1) is 24.0 Å². The van der Waals surface area contributed by atoms with Gasteiger partial charge in [-0.25, -0.2) is 0 Å². The van der Waals surface area contributed by atoms with Crippen molar-refractivity contribution in [2.75, 3.05) is 26.8 Å². The number of likely N-dealkylation sites (tertiary alicyclic amines) is 1. The van der Waals surface area contributed by atoms with Crippen LogP contribution in [0.3, 0.4) is 0 Å². The van der Waals surface area contributed by atoms with Crippen molar-refractivity contribution in [1.29, 1.82) is 0 Å². The molecule has 104 heavy (non-hydrogen) atoms. The molecule has 0 aromatic heterocycles. The van der Waals surface area contributed by atoms with Gasteiger partial charge in [-0.15, -0.1) is 0 Å². The maximum atomic E-state index is 7.34. The first kappa shape index (κ1) is 52.2. The number of ether oxygens (including phenoxy) is 2. The van der Waals surface area contributed by atoms with Gasteiger partial charge in [-0.1, -0.05) is 181 Å². The zero-order valence-corrected chi connectivity index (χ0v) is 60.0. The van der Waals surface area contributed by atoms with Crippen LogP contribution >= 0.6 is 0 Å². The summed E-state index contributed by atoms with van der Waals surface area (Å²) in [7, 11) is 2.62. The number of nitrogens with zero attached hydrogens (tertiary/aromatic N) is 1. The Morgan fingerprint density at radius 3 is 0.635 bits per heavy atom. The summed E-state index contributed by atoms with van der Waals surface area (Å²) in [4.78, 5) is 3.00. The third kappa shape index (κ3) is 4.31. The number of benzene rings is 19. The lowest BCUT2D eigenvalue weighted by Gasteiger charge is -2.52. The second-order valence-electron chi connectivity index (χ2n) is 37.4. The molecule has 1 saturated heterocycles. The fraction of sp³-hybridized carbons (Fsp3) is 0.366. The first-order valence-electron chi connectivity index (χ1n) is 42.6. The van der Waals surface area contributed by atoms with Gasteiger partial charge in [-0.2, -0.15) is 0 Å². The minimum absolute atomic E-state index is 0.0197. The molecule has 496 valence electrons. The van der Waals surface area contributed by atoms with Gasteiger partial charge in [-0.3, -0.25) is 4.90 Å². The first-order valence-corrected chi connectivity index (χ1v) is 42.6. The van der Waals surface area contributed by atoms with Crippen molar-refractivity contribution < 1.29 is 9.47 Å². The number of unbranched alkanes of at least 4 members (excludes halogenated alkanes) is 26. The van der Waals surface area contributed by atoms with Crippen LogP contribution in [0.25, 0.3) is 291 Å². The molecular weight excluding hydrogens is 1260 g/mol. The van der Waals surface area contributed by atoms with Gasteiger partial charge in [-0.05, 0) is 351 Å². The molecule has 3 nitrogen and oxygen atoms in total. The van der Waals surface area contributed by atoms with Crippen LogP contribution in [-0.2, 0) is 10.8 Å². The summed E-state index contributed by atoms with van der Waals surface area (Å²) in [6.07, 6.45) is 38.1. The molecule has 1 unspecified atom stereocenters. The van der Waals surface area contributed by atoms with E-state index >= 15 is 0 Å². The SMILES string of the molecule is CCCCCCCCCCCCCCCCOc1cc(OCCCCCCCCCCCCCCCC)cc(C2N(C)CC34c5c6c7c8c9c%10c(c%11c%12c3c3c5c5c%13c6c6c7c7c9c9c%14c%10c%10c%11c%11c%12c%12c3c3c5c5c%13c%13c6c6c7c9c7c9c%14c%10c%10c%11c%11c%12c3c3c5c5c%13c6c7c6c9c%10c%11c3c56)C824)c1. The number of likely N-dealkylation sites (N-methyl/N-ethyl adjacent to an activating group) is 1. The summed E-state index contributed by atoms with van der Waals surface area (Å²) in [5, 5.41) is 90.1. The lowest BCUT2D eigenvalue weighted by molar-refractivity contribution is 0.263. The molecule has 0 radical (unpaired) electrons. The molecule has 1 aliphatic heterocycles. The Morgan fingerprint density at radius 1 is 0.240 bits per heavy atom. The molecular formula is C101H75NO2. The Kier molecular flexibility index (Phi) is 7.90. The lowest BCUT2D eigenvalue weighted by Crippen LogP contribution is -2.51. The second kappa shape index (κ2) is 15.7. The summed E-state index contributed by atoms with van der Waals surface area (Å²) in [5.41, 5.74) is 7.66. The average molecular weight is 1330 g/mol. The van der Waals surface area contributed by atoms with Gasteiger partial charge in [0, 0.05) is 18.7 Å². The van der Waals surface area contributed by atoms with E-state index in [1.165, 1.54) is 173 Å². The molecule has 1 fully saturated rings. The third-order valence-corrected chi connectivity index (χ3v) is 33.7. The lowest BCUT2D eigenvalue weighted by atomic mass is 9.47. The van der Waals surface area contributed by atoms with Gasteiger partial charge in [0.15, 0.2) is 0 Å². The fourth-order valence-electron chi connectivity index (χ4n) is 31.4. The zero-order valence-electron chi connectivity index (χ0n) is 60.0. The van der Waals surface area contributed by atoms with Crippen molar-refractivity contribution in [3.05, 3.63) is 46.0 Å². The van der Waals surface area contributed by atoms with E-state index in [-0.39, 0.29) is 11.5 Å². The van der Waals surface area contributed by atoms with E-state index in [9.17, 15) is 0 Å². The quantitative estimate of drug-likeness (QED) is 0.0302. The van der Waals surface area contributed by atoms with E-state index in [1.807, 2.05) is 0 Å². The smallest absolute Gasteiger partial charge is 0.123 e. The highest BCUT2D eigenvalue weighted by Gasteiger charge is 2.76. The Hall–Kier alpha value is -8.76. The van der Waals surface area contributed by atoms with Crippen LogP contribution in [0.2, 0.25) is 0 Å². The highest BCUT2D eigenvalue weighted by molar-refractivity contribution is 6.82. The number of rotatable bonds is 33. The Labute approximate surface area is 596 Å². The summed E-state index contributed by atoms with van der Waals surface area (Å²) in [5.74, 6) is 2.04. The minimum Gasteiger partial charge on any atom is -0.493 e. The second-order valence-corrected chi connectivity index (χ2v) is 37.4. The van der Waals surface area contributed by atoms with Gasteiger partial charge in [0.1, 0.15) is 11.5 Å². The maximum Gasteiger partial charge on any atom is 0.123 e. The Morgan fingerprint density at radius 2 is 0.423 bits per heavy atom. The summed E-state index contributed by atoms with van der Waals surface area (Å²) < 4.78 is 14.7. The van der Waals surface area contributed by atoms with Crippen LogP contribution in [0.15, 0.2) is 18.2 Å². The van der Waals surface area contributed by atoms with E-state index in [4.69, 9.17) is 9.47 Å².